The molecular formula is C18H32IN3O. The summed E-state index contributed by atoms with van der Waals surface area (Å²) in [5, 5.41) is 7.54. The van der Waals surface area contributed by atoms with Crippen LogP contribution in [0.4, 0.5) is 0 Å². The summed E-state index contributed by atoms with van der Waals surface area (Å²) in [5.41, 5.74) is 0.410. The number of nitrogens with zero attached hydrogens (tertiary/aromatic N) is 1. The molecule has 1 saturated heterocycles. The normalized spacial score (nSPS) is 35.7. The lowest BCUT2D eigenvalue weighted by molar-refractivity contribution is -0.125. The number of hydrogen-bond acceptors (Lipinski definition) is 2. The zero-order chi connectivity index (χ0) is 15.0. The van der Waals surface area contributed by atoms with Crippen LogP contribution in [0.3, 0.4) is 0 Å². The number of halogens is 1. The van der Waals surface area contributed by atoms with E-state index >= 15 is 0 Å². The molecule has 1 aliphatic heterocycles. The zero-order valence-electron chi connectivity index (χ0n) is 14.4. The Morgan fingerprint density at radius 3 is 2.52 bits per heavy atom. The van der Waals surface area contributed by atoms with Crippen molar-refractivity contribution in [1.29, 1.82) is 0 Å². The zero-order valence-corrected chi connectivity index (χ0v) is 16.7. The van der Waals surface area contributed by atoms with E-state index in [2.05, 4.69) is 17.6 Å². The molecule has 0 aromatic rings. The highest BCUT2D eigenvalue weighted by molar-refractivity contribution is 14.0. The van der Waals surface area contributed by atoms with E-state index in [1.807, 2.05) is 0 Å². The van der Waals surface area contributed by atoms with Gasteiger partial charge in [-0.25, -0.2) is 0 Å². The van der Waals surface area contributed by atoms with Crippen molar-refractivity contribution >= 4 is 29.9 Å². The smallest absolute Gasteiger partial charge is 0.191 e. The van der Waals surface area contributed by atoms with E-state index in [0.29, 0.717) is 29.5 Å². The summed E-state index contributed by atoms with van der Waals surface area (Å²) in [6.07, 6.45) is 12.5. The molecule has 23 heavy (non-hydrogen) atoms. The molecule has 4 rings (SSSR count). The molecule has 5 heteroatoms. The van der Waals surface area contributed by atoms with Crippen molar-refractivity contribution < 1.29 is 4.74 Å². The minimum atomic E-state index is 0. The highest BCUT2D eigenvalue weighted by Gasteiger charge is 2.65. The first kappa shape index (κ1) is 17.8. The van der Waals surface area contributed by atoms with Crippen molar-refractivity contribution in [3.8, 4) is 0 Å². The summed E-state index contributed by atoms with van der Waals surface area (Å²) in [6, 6.07) is 1.22. The van der Waals surface area contributed by atoms with Crippen LogP contribution in [0.5, 0.6) is 0 Å². The maximum absolute atomic E-state index is 6.09. The van der Waals surface area contributed by atoms with E-state index in [1.165, 1.54) is 57.8 Å². The van der Waals surface area contributed by atoms with Gasteiger partial charge in [-0.05, 0) is 39.0 Å². The molecule has 4 nitrogen and oxygen atoms in total. The third-order valence-corrected chi connectivity index (χ3v) is 6.59. The molecule has 132 valence electrons. The van der Waals surface area contributed by atoms with Crippen molar-refractivity contribution in [2.24, 2.45) is 16.3 Å². The number of guanidine groups is 1. The fourth-order valence-corrected chi connectivity index (χ4v) is 5.61. The monoisotopic (exact) mass is 433 g/mol. The Bertz CT molecular complexity index is 430. The van der Waals surface area contributed by atoms with Gasteiger partial charge in [0, 0.05) is 36.6 Å². The molecule has 3 atom stereocenters. The quantitative estimate of drug-likeness (QED) is 0.407. The van der Waals surface area contributed by atoms with E-state index in [4.69, 9.17) is 9.73 Å². The van der Waals surface area contributed by atoms with Crippen LogP contribution in [-0.4, -0.2) is 37.3 Å². The highest BCUT2D eigenvalue weighted by atomic mass is 127. The van der Waals surface area contributed by atoms with Crippen molar-refractivity contribution in [1.82, 2.24) is 10.6 Å². The van der Waals surface area contributed by atoms with Crippen LogP contribution in [0.15, 0.2) is 4.99 Å². The van der Waals surface area contributed by atoms with Crippen LogP contribution in [-0.2, 0) is 4.74 Å². The molecule has 1 heterocycles. The number of hydrogen-bond donors (Lipinski definition) is 2. The molecule has 3 saturated carbocycles. The fraction of sp³-hybridized carbons (Fsp3) is 0.944. The average molecular weight is 433 g/mol. The Kier molecular flexibility index (Phi) is 5.76. The predicted octanol–water partition coefficient (Wildman–Crippen LogP) is 3.45. The van der Waals surface area contributed by atoms with E-state index < -0.39 is 0 Å². The van der Waals surface area contributed by atoms with Crippen molar-refractivity contribution in [2.75, 3.05) is 13.2 Å². The maximum Gasteiger partial charge on any atom is 0.191 e. The molecule has 1 spiro atoms. The van der Waals surface area contributed by atoms with E-state index in [0.717, 1.165) is 19.1 Å². The molecule has 4 fully saturated rings. The van der Waals surface area contributed by atoms with E-state index in [9.17, 15) is 0 Å². The first-order chi connectivity index (χ1) is 10.8. The van der Waals surface area contributed by atoms with Gasteiger partial charge in [0.2, 0.25) is 0 Å². The van der Waals surface area contributed by atoms with Crippen molar-refractivity contribution in [3.63, 3.8) is 0 Å². The lowest BCUT2D eigenvalue weighted by Crippen LogP contribution is -2.69. The highest BCUT2D eigenvalue weighted by Crippen LogP contribution is 2.60. The van der Waals surface area contributed by atoms with E-state index in [1.54, 1.807) is 0 Å². The van der Waals surface area contributed by atoms with Gasteiger partial charge < -0.3 is 15.4 Å². The lowest BCUT2D eigenvalue weighted by Gasteiger charge is -2.57. The van der Waals surface area contributed by atoms with Gasteiger partial charge in [0.05, 0.1) is 6.10 Å². The summed E-state index contributed by atoms with van der Waals surface area (Å²) in [7, 11) is 0. The maximum atomic E-state index is 6.09. The van der Waals surface area contributed by atoms with Gasteiger partial charge in [-0.2, -0.15) is 0 Å². The van der Waals surface area contributed by atoms with Crippen LogP contribution in [0.25, 0.3) is 0 Å². The molecular weight excluding hydrogens is 401 g/mol. The second-order valence-corrected chi connectivity index (χ2v) is 7.75. The fourth-order valence-electron chi connectivity index (χ4n) is 5.61. The average Bonchev–Trinajstić information content (AvgIpc) is 3.25. The molecule has 0 aromatic heterocycles. The summed E-state index contributed by atoms with van der Waals surface area (Å²) in [6.45, 7) is 3.95. The van der Waals surface area contributed by atoms with Crippen LogP contribution in [0.2, 0.25) is 0 Å². The van der Waals surface area contributed by atoms with Crippen LogP contribution in [0, 0.1) is 11.3 Å². The molecule has 3 unspecified atom stereocenters. The third kappa shape index (κ3) is 3.12. The van der Waals surface area contributed by atoms with E-state index in [-0.39, 0.29) is 24.0 Å². The number of rotatable bonds is 3. The Hall–Kier alpha value is -0.0400. The van der Waals surface area contributed by atoms with Crippen molar-refractivity contribution in [3.05, 3.63) is 0 Å². The molecule has 0 aromatic carbocycles. The number of ether oxygens (including phenoxy) is 1. The van der Waals surface area contributed by atoms with Crippen molar-refractivity contribution in [2.45, 2.75) is 82.9 Å². The molecule has 3 aliphatic carbocycles. The standard InChI is InChI=1S/C18H31N3O.HI/c1-2-19-17(20-13-7-3-4-8-13)21-15-14-9-12-22-16(14)18(15)10-5-6-11-18;/h13-16H,2-12H2,1H3,(H2,19,20,21);1H. The Morgan fingerprint density at radius 1 is 1.09 bits per heavy atom. The van der Waals surface area contributed by atoms with Gasteiger partial charge >= 0.3 is 0 Å². The lowest BCUT2D eigenvalue weighted by atomic mass is 9.54. The van der Waals surface area contributed by atoms with Gasteiger partial charge in [-0.1, -0.05) is 25.7 Å². The summed E-state index contributed by atoms with van der Waals surface area (Å²) in [5.74, 6) is 1.78. The largest absolute Gasteiger partial charge is 0.377 e. The molecule has 0 bridgehead atoms. The summed E-state index contributed by atoms with van der Waals surface area (Å²) >= 11 is 0. The second kappa shape index (κ2) is 7.46. The SMILES string of the molecule is CCN=C(NC1CCCC1)NC1C2CCOC2C12CCCC2.I. The Morgan fingerprint density at radius 2 is 1.83 bits per heavy atom. The minimum absolute atomic E-state index is 0. The van der Waals surface area contributed by atoms with Gasteiger partial charge in [0.1, 0.15) is 0 Å². The number of nitrogens with one attached hydrogen (secondary N) is 2. The first-order valence-corrected chi connectivity index (χ1v) is 9.52. The Labute approximate surface area is 157 Å². The second-order valence-electron chi connectivity index (χ2n) is 7.75. The molecule has 2 N–H and O–H groups in total. The van der Waals surface area contributed by atoms with Crippen LogP contribution >= 0.6 is 24.0 Å². The Balaban J connectivity index is 0.00000156. The van der Waals surface area contributed by atoms with Gasteiger partial charge in [-0.15, -0.1) is 24.0 Å². The van der Waals surface area contributed by atoms with Gasteiger partial charge in [-0.3, -0.25) is 4.99 Å². The minimum Gasteiger partial charge on any atom is -0.377 e. The number of aliphatic imine (C=N–C) groups is 1. The summed E-state index contributed by atoms with van der Waals surface area (Å²) < 4.78 is 6.09. The molecule has 4 aliphatic rings. The molecule has 0 radical (unpaired) electrons. The number of fused-ring (bicyclic) bond motifs is 2. The van der Waals surface area contributed by atoms with Gasteiger partial charge in [0.15, 0.2) is 5.96 Å². The first-order valence-electron chi connectivity index (χ1n) is 9.52. The topological polar surface area (TPSA) is 45.7 Å². The predicted molar refractivity (Wildman–Crippen MR) is 104 cm³/mol. The van der Waals surface area contributed by atoms with Gasteiger partial charge in [0.25, 0.3) is 0 Å². The summed E-state index contributed by atoms with van der Waals surface area (Å²) in [4.78, 5) is 4.73. The van der Waals surface area contributed by atoms with Crippen LogP contribution < -0.4 is 10.6 Å². The van der Waals surface area contributed by atoms with Crippen LogP contribution in [0.1, 0.15) is 64.7 Å². The molecule has 0 amide bonds. The third-order valence-electron chi connectivity index (χ3n) is 6.59.